The third-order valence-electron chi connectivity index (χ3n) is 4.12. The molecule has 1 saturated carbocycles. The molecule has 1 fully saturated rings. The first-order valence-corrected chi connectivity index (χ1v) is 7.82. The van der Waals surface area contributed by atoms with E-state index in [2.05, 4.69) is 5.32 Å². The number of aromatic carboxylic acids is 1. The summed E-state index contributed by atoms with van der Waals surface area (Å²) in [6.45, 7) is 1.80. The summed E-state index contributed by atoms with van der Waals surface area (Å²) in [4.78, 5) is 23.7. The van der Waals surface area contributed by atoms with E-state index in [0.29, 0.717) is 18.1 Å². The minimum atomic E-state index is -1.08. The van der Waals surface area contributed by atoms with Crippen molar-refractivity contribution in [3.63, 3.8) is 0 Å². The lowest BCUT2D eigenvalue weighted by molar-refractivity contribution is 0.0694. The van der Waals surface area contributed by atoms with Crippen molar-refractivity contribution in [1.82, 2.24) is 5.32 Å². The summed E-state index contributed by atoms with van der Waals surface area (Å²) in [5.74, 6) is -0.633. The van der Waals surface area contributed by atoms with Gasteiger partial charge in [0, 0.05) is 12.5 Å². The van der Waals surface area contributed by atoms with Gasteiger partial charge in [-0.1, -0.05) is 37.3 Å². The van der Waals surface area contributed by atoms with Crippen LogP contribution in [0.2, 0.25) is 0 Å². The summed E-state index contributed by atoms with van der Waals surface area (Å²) in [6, 6.07) is 11.1. The molecule has 1 aliphatic rings. The number of amides is 1. The SMILES string of the molecule is CCc1oc(C(=O)NC(c2ccccc2)C2CC2)cc1C(=O)O. The fourth-order valence-electron chi connectivity index (χ4n) is 2.76. The van der Waals surface area contributed by atoms with Gasteiger partial charge < -0.3 is 14.8 Å². The van der Waals surface area contributed by atoms with Gasteiger partial charge in [-0.3, -0.25) is 4.79 Å². The number of carboxylic acids is 1. The van der Waals surface area contributed by atoms with Gasteiger partial charge in [0.15, 0.2) is 5.76 Å². The molecule has 1 atom stereocenters. The molecule has 1 aromatic carbocycles. The number of furan rings is 1. The highest BCUT2D eigenvalue weighted by atomic mass is 16.4. The van der Waals surface area contributed by atoms with E-state index in [1.807, 2.05) is 30.3 Å². The Bertz CT molecular complexity index is 716. The van der Waals surface area contributed by atoms with Crippen molar-refractivity contribution in [3.8, 4) is 0 Å². The van der Waals surface area contributed by atoms with Crippen LogP contribution < -0.4 is 5.32 Å². The number of hydrogen-bond donors (Lipinski definition) is 2. The standard InChI is InChI=1S/C18H19NO4/c1-2-14-13(18(21)22)10-15(23-14)17(20)19-16(12-8-9-12)11-6-4-3-5-7-11/h3-7,10,12,16H,2,8-9H2,1H3,(H,19,20)(H,21,22). The maximum Gasteiger partial charge on any atom is 0.339 e. The molecule has 120 valence electrons. The fourth-order valence-corrected chi connectivity index (χ4v) is 2.76. The second kappa shape index (κ2) is 6.28. The molecule has 3 rings (SSSR count). The van der Waals surface area contributed by atoms with E-state index < -0.39 is 5.97 Å². The number of hydrogen-bond acceptors (Lipinski definition) is 3. The van der Waals surface area contributed by atoms with Crippen LogP contribution in [0.1, 0.15) is 58.0 Å². The molecule has 1 amide bonds. The first-order chi connectivity index (χ1) is 11.1. The highest BCUT2D eigenvalue weighted by molar-refractivity contribution is 5.96. The molecule has 2 aromatic rings. The Balaban J connectivity index is 1.81. The van der Waals surface area contributed by atoms with E-state index >= 15 is 0 Å². The predicted octanol–water partition coefficient (Wildman–Crippen LogP) is 3.42. The predicted molar refractivity (Wildman–Crippen MR) is 84.4 cm³/mol. The van der Waals surface area contributed by atoms with Gasteiger partial charge in [-0.2, -0.15) is 0 Å². The minimum Gasteiger partial charge on any atom is -0.478 e. The molecule has 0 saturated heterocycles. The van der Waals surface area contributed by atoms with Crippen LogP contribution in [0.5, 0.6) is 0 Å². The van der Waals surface area contributed by atoms with E-state index in [9.17, 15) is 9.59 Å². The van der Waals surface area contributed by atoms with Crippen LogP contribution in [-0.4, -0.2) is 17.0 Å². The highest BCUT2D eigenvalue weighted by Crippen LogP contribution is 2.41. The number of carbonyl (C=O) groups excluding carboxylic acids is 1. The Kier molecular flexibility index (Phi) is 4.19. The van der Waals surface area contributed by atoms with Gasteiger partial charge in [-0.05, 0) is 24.3 Å². The van der Waals surface area contributed by atoms with Crippen LogP contribution in [0.25, 0.3) is 0 Å². The van der Waals surface area contributed by atoms with Crippen LogP contribution in [-0.2, 0) is 6.42 Å². The maximum atomic E-state index is 12.5. The second-order valence-electron chi connectivity index (χ2n) is 5.81. The van der Waals surface area contributed by atoms with Crippen LogP contribution >= 0.6 is 0 Å². The number of benzene rings is 1. The van der Waals surface area contributed by atoms with Gasteiger partial charge in [0.25, 0.3) is 5.91 Å². The number of aryl methyl sites for hydroxylation is 1. The molecule has 1 aromatic heterocycles. The van der Waals surface area contributed by atoms with Gasteiger partial charge in [-0.25, -0.2) is 4.79 Å². The Hall–Kier alpha value is -2.56. The van der Waals surface area contributed by atoms with Gasteiger partial charge in [0.05, 0.1) is 6.04 Å². The average molecular weight is 313 g/mol. The van der Waals surface area contributed by atoms with Crippen molar-refractivity contribution in [2.45, 2.75) is 32.2 Å². The Morgan fingerprint density at radius 2 is 2.00 bits per heavy atom. The van der Waals surface area contributed by atoms with Gasteiger partial charge in [0.1, 0.15) is 11.3 Å². The number of carbonyl (C=O) groups is 2. The van der Waals surface area contributed by atoms with E-state index in [1.165, 1.54) is 6.07 Å². The largest absolute Gasteiger partial charge is 0.478 e. The summed E-state index contributed by atoms with van der Waals surface area (Å²) in [7, 11) is 0. The Morgan fingerprint density at radius 1 is 1.30 bits per heavy atom. The van der Waals surface area contributed by atoms with E-state index in [-0.39, 0.29) is 23.3 Å². The quantitative estimate of drug-likeness (QED) is 0.856. The number of nitrogens with one attached hydrogen (secondary N) is 1. The molecular formula is C18H19NO4. The zero-order chi connectivity index (χ0) is 16.4. The summed E-state index contributed by atoms with van der Waals surface area (Å²) < 4.78 is 5.43. The normalized spacial score (nSPS) is 15.2. The molecule has 23 heavy (non-hydrogen) atoms. The van der Waals surface area contributed by atoms with Crippen molar-refractivity contribution in [3.05, 3.63) is 59.0 Å². The molecule has 1 aliphatic carbocycles. The first kappa shape index (κ1) is 15.3. The minimum absolute atomic E-state index is 0.0559. The van der Waals surface area contributed by atoms with Crippen molar-refractivity contribution in [2.24, 2.45) is 5.92 Å². The lowest BCUT2D eigenvalue weighted by atomic mass is 10.0. The zero-order valence-corrected chi connectivity index (χ0v) is 12.9. The number of carboxylic acid groups (broad SMARTS) is 1. The molecule has 0 radical (unpaired) electrons. The first-order valence-electron chi connectivity index (χ1n) is 7.82. The third-order valence-corrected chi connectivity index (χ3v) is 4.12. The fraction of sp³-hybridized carbons (Fsp3) is 0.333. The molecule has 2 N–H and O–H groups in total. The lowest BCUT2D eigenvalue weighted by Gasteiger charge is -2.18. The third kappa shape index (κ3) is 3.28. The molecule has 0 bridgehead atoms. The lowest BCUT2D eigenvalue weighted by Crippen LogP contribution is -2.29. The molecule has 0 aliphatic heterocycles. The molecular weight excluding hydrogens is 294 g/mol. The smallest absolute Gasteiger partial charge is 0.339 e. The van der Waals surface area contributed by atoms with Crippen molar-refractivity contribution in [2.75, 3.05) is 0 Å². The summed E-state index contributed by atoms with van der Waals surface area (Å²) in [5, 5.41) is 12.1. The van der Waals surface area contributed by atoms with Crippen molar-refractivity contribution < 1.29 is 19.1 Å². The molecule has 1 heterocycles. The van der Waals surface area contributed by atoms with Crippen LogP contribution in [0, 0.1) is 5.92 Å². The Labute approximate surface area is 134 Å². The topological polar surface area (TPSA) is 79.5 Å². The molecule has 1 unspecified atom stereocenters. The van der Waals surface area contributed by atoms with Crippen molar-refractivity contribution in [1.29, 1.82) is 0 Å². The van der Waals surface area contributed by atoms with E-state index in [1.54, 1.807) is 6.92 Å². The van der Waals surface area contributed by atoms with E-state index in [4.69, 9.17) is 9.52 Å². The monoisotopic (exact) mass is 313 g/mol. The summed E-state index contributed by atoms with van der Waals surface area (Å²) in [6.07, 6.45) is 2.59. The van der Waals surface area contributed by atoms with E-state index in [0.717, 1.165) is 18.4 Å². The average Bonchev–Trinajstić information content (AvgIpc) is 3.30. The number of rotatable bonds is 6. The zero-order valence-electron chi connectivity index (χ0n) is 12.9. The Morgan fingerprint density at radius 3 is 2.52 bits per heavy atom. The summed E-state index contributed by atoms with van der Waals surface area (Å²) >= 11 is 0. The van der Waals surface area contributed by atoms with Gasteiger partial charge in [-0.15, -0.1) is 0 Å². The highest BCUT2D eigenvalue weighted by Gasteiger charge is 2.34. The second-order valence-corrected chi connectivity index (χ2v) is 5.81. The van der Waals surface area contributed by atoms with Crippen molar-refractivity contribution >= 4 is 11.9 Å². The van der Waals surface area contributed by atoms with Crippen LogP contribution in [0.15, 0.2) is 40.8 Å². The van der Waals surface area contributed by atoms with Gasteiger partial charge >= 0.3 is 5.97 Å². The molecule has 5 heteroatoms. The van der Waals surface area contributed by atoms with Crippen LogP contribution in [0.4, 0.5) is 0 Å². The van der Waals surface area contributed by atoms with Gasteiger partial charge in [0.2, 0.25) is 0 Å². The van der Waals surface area contributed by atoms with Crippen LogP contribution in [0.3, 0.4) is 0 Å². The molecule has 0 spiro atoms. The maximum absolute atomic E-state index is 12.5. The summed E-state index contributed by atoms with van der Waals surface area (Å²) in [5.41, 5.74) is 1.12. The molecule has 5 nitrogen and oxygen atoms in total.